The van der Waals surface area contributed by atoms with E-state index in [0.29, 0.717) is 28.3 Å². The van der Waals surface area contributed by atoms with Crippen molar-refractivity contribution in [2.24, 2.45) is 5.10 Å². The molecule has 2 aromatic carbocycles. The van der Waals surface area contributed by atoms with E-state index in [-0.39, 0.29) is 11.3 Å². The van der Waals surface area contributed by atoms with E-state index in [1.807, 2.05) is 0 Å². The smallest absolute Gasteiger partial charge is 0.294 e. The van der Waals surface area contributed by atoms with Crippen molar-refractivity contribution in [3.63, 3.8) is 0 Å². The van der Waals surface area contributed by atoms with E-state index in [0.717, 1.165) is 0 Å². The summed E-state index contributed by atoms with van der Waals surface area (Å²) in [6.45, 7) is 0.557. The van der Waals surface area contributed by atoms with Gasteiger partial charge in [0.15, 0.2) is 0 Å². The highest BCUT2D eigenvalue weighted by molar-refractivity contribution is 6.30. The van der Waals surface area contributed by atoms with Crippen LogP contribution in [0.3, 0.4) is 0 Å². The normalized spacial score (nSPS) is 19.8. The van der Waals surface area contributed by atoms with Gasteiger partial charge in [-0.05, 0) is 42.0 Å². The van der Waals surface area contributed by atoms with E-state index in [2.05, 4.69) is 5.10 Å². The topological polar surface area (TPSA) is 62.1 Å². The Morgan fingerprint density at radius 2 is 1.81 bits per heavy atom. The van der Waals surface area contributed by atoms with Gasteiger partial charge in [0.1, 0.15) is 5.75 Å². The average molecular weight is 395 g/mol. The number of methoxy groups -OCH3 is 1. The van der Waals surface area contributed by atoms with Crippen molar-refractivity contribution in [2.45, 2.75) is 25.0 Å². The third kappa shape index (κ3) is 3.52. The Kier molecular flexibility index (Phi) is 4.92. The lowest BCUT2D eigenvalue weighted by Gasteiger charge is -2.35. The van der Waals surface area contributed by atoms with Crippen LogP contribution in [0.2, 0.25) is 5.02 Å². The zero-order chi connectivity index (χ0) is 19.8. The largest absolute Gasteiger partial charge is 0.497 e. The van der Waals surface area contributed by atoms with Gasteiger partial charge in [-0.15, -0.1) is 0 Å². The second-order valence-electron chi connectivity index (χ2n) is 6.28. The Bertz CT molecular complexity index is 879. The van der Waals surface area contributed by atoms with Crippen LogP contribution in [-0.4, -0.2) is 40.5 Å². The van der Waals surface area contributed by atoms with Crippen LogP contribution in [-0.2, 0) is 0 Å². The number of carbonyl (C=O) groups is 1. The van der Waals surface area contributed by atoms with Gasteiger partial charge in [-0.2, -0.15) is 10.1 Å². The molecule has 1 N–H and O–H groups in total. The van der Waals surface area contributed by atoms with E-state index in [9.17, 15) is 18.7 Å². The van der Waals surface area contributed by atoms with Crippen LogP contribution in [0.5, 0.6) is 5.75 Å². The van der Waals surface area contributed by atoms with Gasteiger partial charge in [0.25, 0.3) is 11.8 Å². The number of carbonyl (C=O) groups excluding carboxylic acids is 1. The van der Waals surface area contributed by atoms with Crippen LogP contribution in [0.1, 0.15) is 29.3 Å². The van der Waals surface area contributed by atoms with Crippen molar-refractivity contribution < 1.29 is 23.4 Å². The molecule has 0 bridgehead atoms. The lowest BCUT2D eigenvalue weighted by atomic mass is 9.96. The summed E-state index contributed by atoms with van der Waals surface area (Å²) in [6, 6.07) is 12.2. The summed E-state index contributed by atoms with van der Waals surface area (Å²) in [4.78, 5) is 12.8. The molecular formula is C19H17ClF2N2O3. The van der Waals surface area contributed by atoms with Crippen molar-refractivity contribution in [2.75, 3.05) is 7.11 Å². The number of nitrogens with zero attached hydrogens (tertiary/aromatic N) is 2. The number of benzene rings is 2. The van der Waals surface area contributed by atoms with Crippen LogP contribution in [0.25, 0.3) is 0 Å². The van der Waals surface area contributed by atoms with E-state index < -0.39 is 24.0 Å². The second kappa shape index (κ2) is 6.90. The first-order valence-corrected chi connectivity index (χ1v) is 8.46. The maximum atomic E-state index is 14.3. The molecule has 8 heteroatoms. The van der Waals surface area contributed by atoms with Gasteiger partial charge in [0, 0.05) is 23.9 Å². The van der Waals surface area contributed by atoms with Gasteiger partial charge < -0.3 is 9.84 Å². The van der Waals surface area contributed by atoms with Crippen LogP contribution in [0.4, 0.5) is 8.78 Å². The lowest BCUT2D eigenvalue weighted by molar-refractivity contribution is -0.222. The fraction of sp³-hybridized carbons (Fsp3) is 0.263. The molecule has 1 amide bonds. The molecule has 0 radical (unpaired) electrons. The van der Waals surface area contributed by atoms with E-state index >= 15 is 0 Å². The first kappa shape index (κ1) is 19.3. The SMILES string of the molecule is COc1ccc(C(=O)N2N=C(c3ccc(Cl)cc3)C[C@]2(O)C(C)(F)F)cc1. The molecule has 0 fully saturated rings. The fourth-order valence-electron chi connectivity index (χ4n) is 2.76. The van der Waals surface area contributed by atoms with E-state index in [1.165, 1.54) is 31.4 Å². The molecular weight excluding hydrogens is 378 g/mol. The van der Waals surface area contributed by atoms with Crippen molar-refractivity contribution in [3.05, 3.63) is 64.7 Å². The third-order valence-corrected chi connectivity index (χ3v) is 4.65. The molecule has 1 aliphatic heterocycles. The summed E-state index contributed by atoms with van der Waals surface area (Å²) >= 11 is 5.85. The highest BCUT2D eigenvalue weighted by Gasteiger charge is 2.59. The molecule has 1 heterocycles. The number of hydrogen-bond donors (Lipinski definition) is 1. The predicted octanol–water partition coefficient (Wildman–Crippen LogP) is 3.94. The number of ether oxygens (including phenoxy) is 1. The molecule has 0 spiro atoms. The summed E-state index contributed by atoms with van der Waals surface area (Å²) in [5.41, 5.74) is -2.02. The number of hydrazone groups is 1. The third-order valence-electron chi connectivity index (χ3n) is 4.39. The number of alkyl halides is 2. The van der Waals surface area contributed by atoms with Crippen molar-refractivity contribution in [1.29, 1.82) is 0 Å². The van der Waals surface area contributed by atoms with E-state index in [1.54, 1.807) is 24.3 Å². The van der Waals surface area contributed by atoms with Gasteiger partial charge in [-0.25, -0.2) is 8.78 Å². The van der Waals surface area contributed by atoms with Crippen molar-refractivity contribution >= 4 is 23.2 Å². The van der Waals surface area contributed by atoms with Crippen molar-refractivity contribution in [1.82, 2.24) is 5.01 Å². The average Bonchev–Trinajstić information content (AvgIpc) is 3.00. The first-order valence-electron chi connectivity index (χ1n) is 8.08. The van der Waals surface area contributed by atoms with Crippen LogP contribution >= 0.6 is 11.6 Å². The quantitative estimate of drug-likeness (QED) is 0.854. The minimum absolute atomic E-state index is 0.0968. The molecule has 3 rings (SSSR count). The highest BCUT2D eigenvalue weighted by atomic mass is 35.5. The molecule has 0 saturated heterocycles. The molecule has 0 aliphatic carbocycles. The maximum Gasteiger partial charge on any atom is 0.294 e. The second-order valence-corrected chi connectivity index (χ2v) is 6.72. The molecule has 5 nitrogen and oxygen atoms in total. The Balaban J connectivity index is 2.01. The molecule has 0 unspecified atom stereocenters. The number of hydrogen-bond acceptors (Lipinski definition) is 4. The Hall–Kier alpha value is -2.51. The number of aliphatic hydroxyl groups is 1. The molecule has 1 atom stereocenters. The molecule has 0 aromatic heterocycles. The van der Waals surface area contributed by atoms with Gasteiger partial charge in [0.05, 0.1) is 12.8 Å². The molecule has 2 aromatic rings. The Morgan fingerprint density at radius 1 is 1.22 bits per heavy atom. The van der Waals surface area contributed by atoms with Crippen LogP contribution < -0.4 is 4.74 Å². The Morgan fingerprint density at radius 3 is 2.33 bits per heavy atom. The molecule has 142 valence electrons. The lowest BCUT2D eigenvalue weighted by Crippen LogP contribution is -2.57. The minimum Gasteiger partial charge on any atom is -0.497 e. The summed E-state index contributed by atoms with van der Waals surface area (Å²) < 4.78 is 33.5. The van der Waals surface area contributed by atoms with Gasteiger partial charge >= 0.3 is 0 Å². The highest BCUT2D eigenvalue weighted by Crippen LogP contribution is 2.41. The van der Waals surface area contributed by atoms with Gasteiger partial charge in [-0.1, -0.05) is 23.7 Å². The number of halogens is 3. The Labute approximate surface area is 159 Å². The van der Waals surface area contributed by atoms with Gasteiger partial charge in [0.2, 0.25) is 5.72 Å². The summed E-state index contributed by atoms with van der Waals surface area (Å²) in [6.07, 6.45) is -0.514. The van der Waals surface area contributed by atoms with Crippen LogP contribution in [0.15, 0.2) is 53.6 Å². The predicted molar refractivity (Wildman–Crippen MR) is 97.3 cm³/mol. The molecule has 1 aliphatic rings. The van der Waals surface area contributed by atoms with E-state index in [4.69, 9.17) is 16.3 Å². The maximum absolute atomic E-state index is 14.3. The summed E-state index contributed by atoms with van der Waals surface area (Å²) in [5, 5.41) is 15.6. The van der Waals surface area contributed by atoms with Crippen LogP contribution in [0, 0.1) is 0 Å². The van der Waals surface area contributed by atoms with Gasteiger partial charge in [-0.3, -0.25) is 4.79 Å². The molecule has 27 heavy (non-hydrogen) atoms. The zero-order valence-corrected chi connectivity index (χ0v) is 15.4. The van der Waals surface area contributed by atoms with Crippen molar-refractivity contribution in [3.8, 4) is 5.75 Å². The molecule has 0 saturated carbocycles. The standard InChI is InChI=1S/C19H17ClF2N2O3/c1-18(21,22)19(26)11-16(12-3-7-14(20)8-4-12)23-24(19)17(25)13-5-9-15(27-2)10-6-13/h3-10,26H,11H2,1-2H3/t19-/m0/s1. The summed E-state index contributed by atoms with van der Waals surface area (Å²) in [7, 11) is 1.47. The minimum atomic E-state index is -3.60. The first-order chi connectivity index (χ1) is 12.7. The zero-order valence-electron chi connectivity index (χ0n) is 14.6. The number of rotatable bonds is 4. The fourth-order valence-corrected chi connectivity index (χ4v) is 2.89. The summed E-state index contributed by atoms with van der Waals surface area (Å²) in [5.74, 6) is -3.94. The monoisotopic (exact) mass is 394 g/mol. The number of amides is 1.